The number of amides is 1. The smallest absolute Gasteiger partial charge is 0.221 e. The third-order valence-corrected chi connectivity index (χ3v) is 4.07. The summed E-state index contributed by atoms with van der Waals surface area (Å²) in [6, 6.07) is 16.0. The summed E-state index contributed by atoms with van der Waals surface area (Å²) in [4.78, 5) is 15.3. The van der Waals surface area contributed by atoms with E-state index in [1.807, 2.05) is 36.4 Å². The number of benzene rings is 2. The fraction of sp³-hybridized carbons (Fsp3) is 0.333. The molecule has 27 heavy (non-hydrogen) atoms. The molecule has 0 aliphatic carbocycles. The van der Waals surface area contributed by atoms with Crippen molar-refractivity contribution >= 4 is 17.6 Å². The van der Waals surface area contributed by atoms with E-state index < -0.39 is 0 Å². The first kappa shape index (κ1) is 20.3. The van der Waals surface area contributed by atoms with Gasteiger partial charge in [-0.3, -0.25) is 9.79 Å². The summed E-state index contributed by atoms with van der Waals surface area (Å²) in [5.74, 6) is 1.60. The molecule has 0 saturated heterocycles. The molecule has 0 radical (unpaired) electrons. The number of guanidine groups is 1. The van der Waals surface area contributed by atoms with Crippen LogP contribution < -0.4 is 20.7 Å². The molecule has 0 heterocycles. The predicted molar refractivity (Wildman–Crippen MR) is 111 cm³/mol. The van der Waals surface area contributed by atoms with E-state index in [0.29, 0.717) is 0 Å². The van der Waals surface area contributed by atoms with Crippen molar-refractivity contribution in [1.29, 1.82) is 0 Å². The van der Waals surface area contributed by atoms with E-state index in [-0.39, 0.29) is 5.91 Å². The first-order chi connectivity index (χ1) is 13.1. The van der Waals surface area contributed by atoms with Gasteiger partial charge in [0.2, 0.25) is 5.91 Å². The molecule has 0 saturated carbocycles. The quantitative estimate of drug-likeness (QED) is 0.495. The number of nitrogens with one attached hydrogen (secondary N) is 3. The molecule has 3 N–H and O–H groups in total. The zero-order valence-corrected chi connectivity index (χ0v) is 16.2. The van der Waals surface area contributed by atoms with Crippen LogP contribution in [0.2, 0.25) is 0 Å². The van der Waals surface area contributed by atoms with Gasteiger partial charge in [0, 0.05) is 32.7 Å². The van der Waals surface area contributed by atoms with Crippen LogP contribution in [0.3, 0.4) is 0 Å². The molecule has 0 aliphatic rings. The molecule has 2 rings (SSSR count). The summed E-state index contributed by atoms with van der Waals surface area (Å²) >= 11 is 0. The number of aliphatic imine (C=N–C) groups is 1. The average molecular weight is 368 g/mol. The fourth-order valence-corrected chi connectivity index (χ4v) is 2.62. The molecule has 6 nitrogen and oxygen atoms in total. The van der Waals surface area contributed by atoms with Gasteiger partial charge in [-0.05, 0) is 48.2 Å². The van der Waals surface area contributed by atoms with Crippen molar-refractivity contribution in [2.75, 3.05) is 32.6 Å². The number of rotatable bonds is 8. The van der Waals surface area contributed by atoms with Crippen molar-refractivity contribution in [2.24, 2.45) is 4.99 Å². The van der Waals surface area contributed by atoms with Crippen molar-refractivity contribution in [3.8, 4) is 5.75 Å². The minimum Gasteiger partial charge on any atom is -0.497 e. The van der Waals surface area contributed by atoms with E-state index in [2.05, 4.69) is 33.1 Å². The highest BCUT2D eigenvalue weighted by Gasteiger charge is 2.00. The van der Waals surface area contributed by atoms with Gasteiger partial charge < -0.3 is 20.7 Å². The molecule has 0 bridgehead atoms. The lowest BCUT2D eigenvalue weighted by Crippen LogP contribution is -2.39. The second-order valence-electron chi connectivity index (χ2n) is 6.15. The Balaban J connectivity index is 1.69. The van der Waals surface area contributed by atoms with Crippen LogP contribution >= 0.6 is 0 Å². The maximum absolute atomic E-state index is 11.0. The van der Waals surface area contributed by atoms with Gasteiger partial charge in [0.15, 0.2) is 5.96 Å². The molecule has 144 valence electrons. The number of methoxy groups -OCH3 is 1. The Labute approximate surface area is 161 Å². The standard InChI is InChI=1S/C21H28N4O2/c1-16(26)25-19-8-4-17(5-9-19)12-14-23-21(22-2)24-15-13-18-6-10-20(27-3)11-7-18/h4-11H,12-15H2,1-3H3,(H,25,26)(H2,22,23,24). The van der Waals surface area contributed by atoms with Gasteiger partial charge >= 0.3 is 0 Å². The Hall–Kier alpha value is -3.02. The number of hydrogen-bond donors (Lipinski definition) is 3. The lowest BCUT2D eigenvalue weighted by molar-refractivity contribution is -0.114. The van der Waals surface area contributed by atoms with Crippen LogP contribution in [0.5, 0.6) is 5.75 Å². The largest absolute Gasteiger partial charge is 0.497 e. The zero-order chi connectivity index (χ0) is 19.5. The van der Waals surface area contributed by atoms with Gasteiger partial charge in [0.05, 0.1) is 7.11 Å². The van der Waals surface area contributed by atoms with Gasteiger partial charge in [-0.15, -0.1) is 0 Å². The molecule has 2 aromatic rings. The topological polar surface area (TPSA) is 74.8 Å². The maximum atomic E-state index is 11.0. The first-order valence-electron chi connectivity index (χ1n) is 9.04. The third-order valence-electron chi connectivity index (χ3n) is 4.07. The summed E-state index contributed by atoms with van der Waals surface area (Å²) < 4.78 is 5.17. The van der Waals surface area contributed by atoms with E-state index in [0.717, 1.165) is 43.3 Å². The predicted octanol–water partition coefficient (Wildman–Crippen LogP) is 2.60. The van der Waals surface area contributed by atoms with E-state index in [9.17, 15) is 4.79 Å². The Morgan fingerprint density at radius 1 is 0.926 bits per heavy atom. The van der Waals surface area contributed by atoms with Crippen LogP contribution in [-0.4, -0.2) is 39.1 Å². The normalized spacial score (nSPS) is 11.0. The molecular weight excluding hydrogens is 340 g/mol. The Morgan fingerprint density at radius 3 is 1.89 bits per heavy atom. The lowest BCUT2D eigenvalue weighted by Gasteiger charge is -2.12. The van der Waals surface area contributed by atoms with Gasteiger partial charge in [0.1, 0.15) is 5.75 Å². The summed E-state index contributed by atoms with van der Waals surface area (Å²) in [5, 5.41) is 9.41. The second-order valence-corrected chi connectivity index (χ2v) is 6.15. The van der Waals surface area contributed by atoms with E-state index in [1.54, 1.807) is 14.2 Å². The van der Waals surface area contributed by atoms with Crippen LogP contribution in [0.15, 0.2) is 53.5 Å². The summed E-state index contributed by atoms with van der Waals surface area (Å²) in [7, 11) is 3.44. The highest BCUT2D eigenvalue weighted by Crippen LogP contribution is 2.11. The Kier molecular flexibility index (Phi) is 8.16. The van der Waals surface area contributed by atoms with E-state index >= 15 is 0 Å². The second kappa shape index (κ2) is 10.9. The highest BCUT2D eigenvalue weighted by atomic mass is 16.5. The van der Waals surface area contributed by atoms with Crippen LogP contribution in [0.25, 0.3) is 0 Å². The number of carbonyl (C=O) groups is 1. The Morgan fingerprint density at radius 2 is 1.44 bits per heavy atom. The van der Waals surface area contributed by atoms with Crippen molar-refractivity contribution in [2.45, 2.75) is 19.8 Å². The number of anilines is 1. The SMILES string of the molecule is CN=C(NCCc1ccc(NC(C)=O)cc1)NCCc1ccc(OC)cc1. The minimum atomic E-state index is -0.0612. The van der Waals surface area contributed by atoms with Gasteiger partial charge in [-0.25, -0.2) is 0 Å². The molecule has 0 aromatic heterocycles. The third kappa shape index (κ3) is 7.40. The van der Waals surface area contributed by atoms with Crippen molar-refractivity contribution in [3.05, 3.63) is 59.7 Å². The summed E-state index contributed by atoms with van der Waals surface area (Å²) in [6.45, 7) is 3.09. The Bertz CT molecular complexity index is 740. The molecule has 0 aliphatic heterocycles. The van der Waals surface area contributed by atoms with Crippen molar-refractivity contribution < 1.29 is 9.53 Å². The van der Waals surface area contributed by atoms with E-state index in [1.165, 1.54) is 18.1 Å². The monoisotopic (exact) mass is 368 g/mol. The number of carbonyl (C=O) groups excluding carboxylic acids is 1. The highest BCUT2D eigenvalue weighted by molar-refractivity contribution is 5.88. The molecule has 0 atom stereocenters. The van der Waals surface area contributed by atoms with Crippen LogP contribution in [0, 0.1) is 0 Å². The van der Waals surface area contributed by atoms with E-state index in [4.69, 9.17) is 4.74 Å². The molecule has 0 fully saturated rings. The molecule has 0 unspecified atom stereocenters. The van der Waals surface area contributed by atoms with Crippen LogP contribution in [-0.2, 0) is 17.6 Å². The van der Waals surface area contributed by atoms with Crippen LogP contribution in [0.1, 0.15) is 18.1 Å². The van der Waals surface area contributed by atoms with Gasteiger partial charge in [-0.1, -0.05) is 24.3 Å². The number of nitrogens with zero attached hydrogens (tertiary/aromatic N) is 1. The number of hydrogen-bond acceptors (Lipinski definition) is 3. The summed E-state index contributed by atoms with van der Waals surface area (Å²) in [6.07, 6.45) is 1.79. The first-order valence-corrected chi connectivity index (χ1v) is 9.04. The van der Waals surface area contributed by atoms with Crippen molar-refractivity contribution in [3.63, 3.8) is 0 Å². The van der Waals surface area contributed by atoms with Crippen LogP contribution in [0.4, 0.5) is 5.69 Å². The molecule has 6 heteroatoms. The molecular formula is C21H28N4O2. The number of ether oxygens (including phenoxy) is 1. The molecule has 1 amide bonds. The molecule has 0 spiro atoms. The maximum Gasteiger partial charge on any atom is 0.221 e. The van der Waals surface area contributed by atoms with Crippen molar-refractivity contribution in [1.82, 2.24) is 10.6 Å². The zero-order valence-electron chi connectivity index (χ0n) is 16.2. The molecule has 2 aromatic carbocycles. The minimum absolute atomic E-state index is 0.0612. The average Bonchev–Trinajstić information content (AvgIpc) is 2.68. The fourth-order valence-electron chi connectivity index (χ4n) is 2.62. The summed E-state index contributed by atoms with van der Waals surface area (Å²) in [5.41, 5.74) is 3.26. The lowest BCUT2D eigenvalue weighted by atomic mass is 10.1. The van der Waals surface area contributed by atoms with Gasteiger partial charge in [-0.2, -0.15) is 0 Å². The van der Waals surface area contributed by atoms with Gasteiger partial charge in [0.25, 0.3) is 0 Å².